The molecule has 0 saturated carbocycles. The molecule has 2 aromatic carbocycles. The van der Waals surface area contributed by atoms with Gasteiger partial charge in [0.1, 0.15) is 0 Å². The Balaban J connectivity index is 1.52. The molecule has 6 nitrogen and oxygen atoms in total. The minimum atomic E-state index is -0.429. The molecule has 2 heterocycles. The summed E-state index contributed by atoms with van der Waals surface area (Å²) in [5.41, 5.74) is 7.47. The van der Waals surface area contributed by atoms with E-state index in [1.54, 1.807) is 25.5 Å². The standard InChI is InChI=1S/C24H24BrN3O3/c1-14-12-24(2,3)28(4)19-7-6-15(8-18(14)19)13-26-27-23(29)21-10-16-9-17(25)11-20(30-5)22(16)31-21/h6-13H,1-5H3,(H,27,29)/b26-13-. The molecule has 0 unspecified atom stereocenters. The number of benzene rings is 2. The molecule has 0 spiro atoms. The number of carbonyl (C=O) groups excluding carboxylic acids is 1. The highest BCUT2D eigenvalue weighted by atomic mass is 79.9. The predicted molar refractivity (Wildman–Crippen MR) is 128 cm³/mol. The average Bonchev–Trinajstić information content (AvgIpc) is 3.15. The van der Waals surface area contributed by atoms with Crippen molar-refractivity contribution in [3.05, 3.63) is 63.8 Å². The Bertz CT molecular complexity index is 1240. The number of fused-ring (bicyclic) bond motifs is 2. The van der Waals surface area contributed by atoms with Gasteiger partial charge in [-0.25, -0.2) is 5.43 Å². The van der Waals surface area contributed by atoms with Gasteiger partial charge in [-0.15, -0.1) is 0 Å². The van der Waals surface area contributed by atoms with Crippen LogP contribution < -0.4 is 15.1 Å². The highest BCUT2D eigenvalue weighted by Crippen LogP contribution is 2.38. The van der Waals surface area contributed by atoms with E-state index in [1.807, 2.05) is 12.1 Å². The lowest BCUT2D eigenvalue weighted by molar-refractivity contribution is 0.0929. The van der Waals surface area contributed by atoms with E-state index in [1.165, 1.54) is 11.3 Å². The summed E-state index contributed by atoms with van der Waals surface area (Å²) in [6.45, 7) is 6.50. The number of halogens is 1. The molecule has 0 saturated heterocycles. The SMILES string of the molecule is COc1cc(Br)cc2cc(C(=O)N/N=C\c3ccc4c(c3)C(C)=CC(C)(C)N4C)oc12. The van der Waals surface area contributed by atoms with Gasteiger partial charge in [-0.1, -0.05) is 28.1 Å². The summed E-state index contributed by atoms with van der Waals surface area (Å²) in [5, 5.41) is 4.88. The number of rotatable bonds is 4. The highest BCUT2D eigenvalue weighted by Gasteiger charge is 2.28. The second-order valence-electron chi connectivity index (χ2n) is 8.15. The fourth-order valence-electron chi connectivity index (χ4n) is 3.83. The summed E-state index contributed by atoms with van der Waals surface area (Å²) < 4.78 is 11.8. The lowest BCUT2D eigenvalue weighted by Gasteiger charge is -2.40. The molecule has 0 atom stereocenters. The number of nitrogens with one attached hydrogen (secondary N) is 1. The van der Waals surface area contributed by atoms with Gasteiger partial charge in [-0.2, -0.15) is 5.10 Å². The topological polar surface area (TPSA) is 67.1 Å². The van der Waals surface area contributed by atoms with E-state index in [9.17, 15) is 4.79 Å². The third-order valence-electron chi connectivity index (χ3n) is 5.61. The first-order valence-electron chi connectivity index (χ1n) is 9.88. The van der Waals surface area contributed by atoms with Crippen molar-refractivity contribution in [2.75, 3.05) is 19.1 Å². The van der Waals surface area contributed by atoms with Crippen LogP contribution in [-0.4, -0.2) is 31.8 Å². The summed E-state index contributed by atoms with van der Waals surface area (Å²) in [4.78, 5) is 14.8. The van der Waals surface area contributed by atoms with Crippen LogP contribution in [0.5, 0.6) is 5.75 Å². The highest BCUT2D eigenvalue weighted by molar-refractivity contribution is 9.10. The minimum absolute atomic E-state index is 0.0362. The van der Waals surface area contributed by atoms with Gasteiger partial charge in [0.05, 0.1) is 18.9 Å². The summed E-state index contributed by atoms with van der Waals surface area (Å²) >= 11 is 3.43. The largest absolute Gasteiger partial charge is 0.493 e. The van der Waals surface area contributed by atoms with Crippen molar-refractivity contribution in [1.82, 2.24) is 5.43 Å². The number of carbonyl (C=O) groups is 1. The second kappa shape index (κ2) is 7.89. The van der Waals surface area contributed by atoms with Crippen LogP contribution in [0.3, 0.4) is 0 Å². The maximum Gasteiger partial charge on any atom is 0.307 e. The molecule has 1 amide bonds. The first-order chi connectivity index (χ1) is 14.7. The van der Waals surface area contributed by atoms with Gasteiger partial charge in [0, 0.05) is 28.2 Å². The van der Waals surface area contributed by atoms with E-state index in [2.05, 4.69) is 77.4 Å². The van der Waals surface area contributed by atoms with E-state index in [0.717, 1.165) is 21.0 Å². The number of likely N-dealkylation sites (N-methyl/N-ethyl adjacent to an activating group) is 1. The molecule has 0 fully saturated rings. The van der Waals surface area contributed by atoms with Crippen LogP contribution in [0.15, 0.2) is 56.5 Å². The summed E-state index contributed by atoms with van der Waals surface area (Å²) in [5.74, 6) is 0.287. The van der Waals surface area contributed by atoms with Gasteiger partial charge in [-0.3, -0.25) is 4.79 Å². The zero-order chi connectivity index (χ0) is 22.3. The quantitative estimate of drug-likeness (QED) is 0.389. The number of nitrogens with zero attached hydrogens (tertiary/aromatic N) is 2. The monoisotopic (exact) mass is 481 g/mol. The maximum absolute atomic E-state index is 12.5. The van der Waals surface area contributed by atoms with E-state index < -0.39 is 5.91 Å². The van der Waals surface area contributed by atoms with Crippen LogP contribution >= 0.6 is 15.9 Å². The number of furan rings is 1. The normalized spacial score (nSPS) is 15.2. The van der Waals surface area contributed by atoms with E-state index >= 15 is 0 Å². The Labute approximate surface area is 189 Å². The number of ether oxygens (including phenoxy) is 1. The molecule has 1 aliphatic heterocycles. The van der Waals surface area contributed by atoms with E-state index in [4.69, 9.17) is 9.15 Å². The Morgan fingerprint density at radius 1 is 1.26 bits per heavy atom. The van der Waals surface area contributed by atoms with Crippen molar-refractivity contribution >= 4 is 50.3 Å². The van der Waals surface area contributed by atoms with Crippen LogP contribution in [0.25, 0.3) is 16.5 Å². The molecule has 1 aromatic heterocycles. The Morgan fingerprint density at radius 3 is 2.77 bits per heavy atom. The zero-order valence-corrected chi connectivity index (χ0v) is 19.7. The molecular formula is C24H24BrN3O3. The fourth-order valence-corrected chi connectivity index (χ4v) is 4.28. The maximum atomic E-state index is 12.5. The number of amides is 1. The number of methoxy groups -OCH3 is 1. The van der Waals surface area contributed by atoms with Gasteiger partial charge in [0.15, 0.2) is 17.1 Å². The van der Waals surface area contributed by atoms with Crippen molar-refractivity contribution < 1.29 is 13.9 Å². The predicted octanol–water partition coefficient (Wildman–Crippen LogP) is 5.60. The molecule has 7 heteroatoms. The Kier molecular flexibility index (Phi) is 5.39. The van der Waals surface area contributed by atoms with Crippen molar-refractivity contribution in [3.63, 3.8) is 0 Å². The Hall–Kier alpha value is -3.06. The number of anilines is 1. The van der Waals surface area contributed by atoms with Crippen LogP contribution in [0, 0.1) is 0 Å². The number of hydrogen-bond acceptors (Lipinski definition) is 5. The number of allylic oxidation sites excluding steroid dienone is 1. The molecule has 4 rings (SSSR count). The van der Waals surface area contributed by atoms with Gasteiger partial charge in [-0.05, 0) is 62.2 Å². The zero-order valence-electron chi connectivity index (χ0n) is 18.1. The van der Waals surface area contributed by atoms with Crippen LogP contribution in [0.4, 0.5) is 5.69 Å². The third-order valence-corrected chi connectivity index (χ3v) is 6.07. The summed E-state index contributed by atoms with van der Waals surface area (Å²) in [6.07, 6.45) is 3.89. The van der Waals surface area contributed by atoms with Crippen LogP contribution in [0.2, 0.25) is 0 Å². The van der Waals surface area contributed by atoms with E-state index in [0.29, 0.717) is 11.3 Å². The van der Waals surface area contributed by atoms with Crippen molar-refractivity contribution in [3.8, 4) is 5.75 Å². The number of hydrazone groups is 1. The Morgan fingerprint density at radius 2 is 2.03 bits per heavy atom. The molecule has 1 N–H and O–H groups in total. The first kappa shape index (κ1) is 21.2. The molecule has 1 aliphatic rings. The molecule has 0 aliphatic carbocycles. The van der Waals surface area contributed by atoms with Gasteiger partial charge in [0.2, 0.25) is 0 Å². The van der Waals surface area contributed by atoms with Crippen molar-refractivity contribution in [2.24, 2.45) is 5.10 Å². The number of hydrogen-bond donors (Lipinski definition) is 1. The van der Waals surface area contributed by atoms with Gasteiger partial charge >= 0.3 is 5.91 Å². The minimum Gasteiger partial charge on any atom is -0.493 e. The van der Waals surface area contributed by atoms with E-state index in [-0.39, 0.29) is 11.3 Å². The molecule has 31 heavy (non-hydrogen) atoms. The summed E-state index contributed by atoms with van der Waals surface area (Å²) in [6, 6.07) is 11.5. The fraction of sp³-hybridized carbons (Fsp3) is 0.250. The molecule has 0 bridgehead atoms. The van der Waals surface area contributed by atoms with Gasteiger partial charge in [0.25, 0.3) is 0 Å². The molecule has 160 valence electrons. The second-order valence-corrected chi connectivity index (χ2v) is 9.07. The lowest BCUT2D eigenvalue weighted by Crippen LogP contribution is -2.42. The smallest absolute Gasteiger partial charge is 0.307 e. The lowest BCUT2D eigenvalue weighted by atomic mass is 9.89. The average molecular weight is 482 g/mol. The van der Waals surface area contributed by atoms with Gasteiger partial charge < -0.3 is 14.1 Å². The van der Waals surface area contributed by atoms with Crippen molar-refractivity contribution in [1.29, 1.82) is 0 Å². The van der Waals surface area contributed by atoms with Crippen molar-refractivity contribution in [2.45, 2.75) is 26.3 Å². The summed E-state index contributed by atoms with van der Waals surface area (Å²) in [7, 11) is 3.65. The van der Waals surface area contributed by atoms with Crippen LogP contribution in [0.1, 0.15) is 42.5 Å². The van der Waals surface area contributed by atoms with Crippen LogP contribution in [-0.2, 0) is 0 Å². The molecule has 3 aromatic rings. The molecule has 0 radical (unpaired) electrons. The first-order valence-corrected chi connectivity index (χ1v) is 10.7. The third kappa shape index (κ3) is 3.97. The molecular weight excluding hydrogens is 458 g/mol.